The van der Waals surface area contributed by atoms with Crippen LogP contribution in [0, 0.1) is 0 Å². The van der Waals surface area contributed by atoms with Crippen LogP contribution in [-0.4, -0.2) is 18.0 Å². The fourth-order valence-electron chi connectivity index (χ4n) is 1.25. The summed E-state index contributed by atoms with van der Waals surface area (Å²) in [5, 5.41) is 5.13. The summed E-state index contributed by atoms with van der Waals surface area (Å²) in [7, 11) is 0. The molecule has 7 heteroatoms. The van der Waals surface area contributed by atoms with Crippen molar-refractivity contribution in [2.24, 2.45) is 11.5 Å². The second-order valence-electron chi connectivity index (χ2n) is 3.70. The fourth-order valence-corrected chi connectivity index (χ4v) is 1.25. The van der Waals surface area contributed by atoms with E-state index in [4.69, 9.17) is 11.5 Å². The molecule has 3 amide bonds. The van der Waals surface area contributed by atoms with Gasteiger partial charge in [-0.2, -0.15) is 0 Å². The van der Waals surface area contributed by atoms with Crippen LogP contribution >= 0.6 is 12.4 Å². The van der Waals surface area contributed by atoms with Crippen molar-refractivity contribution in [2.45, 2.75) is 19.5 Å². The van der Waals surface area contributed by atoms with E-state index in [9.17, 15) is 9.59 Å². The van der Waals surface area contributed by atoms with Crippen LogP contribution in [0.25, 0.3) is 0 Å². The van der Waals surface area contributed by atoms with Gasteiger partial charge in [0.25, 0.3) is 0 Å². The first kappa shape index (κ1) is 16.2. The summed E-state index contributed by atoms with van der Waals surface area (Å²) < 4.78 is 0. The number of rotatable bonds is 4. The van der Waals surface area contributed by atoms with Gasteiger partial charge in [0.15, 0.2) is 0 Å². The van der Waals surface area contributed by atoms with Gasteiger partial charge < -0.3 is 22.1 Å². The van der Waals surface area contributed by atoms with E-state index in [0.717, 1.165) is 5.56 Å². The Hall–Kier alpha value is -1.79. The number of primary amides is 1. The Kier molecular flexibility index (Phi) is 6.77. The molecule has 1 aromatic carbocycles. The first-order valence-corrected chi connectivity index (χ1v) is 5.17. The van der Waals surface area contributed by atoms with Crippen molar-refractivity contribution in [3.05, 3.63) is 29.8 Å². The highest BCUT2D eigenvalue weighted by molar-refractivity contribution is 5.87. The van der Waals surface area contributed by atoms with Gasteiger partial charge in [0.1, 0.15) is 0 Å². The number of hydrogen-bond acceptors (Lipinski definition) is 3. The molecule has 0 heterocycles. The van der Waals surface area contributed by atoms with Gasteiger partial charge >= 0.3 is 6.03 Å². The molecule has 6 N–H and O–H groups in total. The molecule has 0 aliphatic carbocycles. The highest BCUT2D eigenvalue weighted by Gasteiger charge is 2.06. The molecule has 0 saturated heterocycles. The number of benzene rings is 1. The predicted molar refractivity (Wildman–Crippen MR) is 72.4 cm³/mol. The van der Waals surface area contributed by atoms with Crippen molar-refractivity contribution >= 4 is 30.0 Å². The fraction of sp³-hybridized carbons (Fsp3) is 0.273. The number of urea groups is 1. The SMILES string of the molecule is C[C@@H](N)C(=O)NCc1cccc(NC(N)=O)c1.Cl. The van der Waals surface area contributed by atoms with E-state index in [1.807, 2.05) is 6.07 Å². The standard InChI is InChI=1S/C11H16N4O2.ClH/c1-7(12)10(16)14-6-8-3-2-4-9(5-8)15-11(13)17;/h2-5,7H,6,12H2,1H3,(H,14,16)(H3,13,15,17);1H/t7-;/m1./s1. The molecule has 0 fully saturated rings. The topological polar surface area (TPSA) is 110 Å². The third kappa shape index (κ3) is 5.51. The zero-order valence-electron chi connectivity index (χ0n) is 9.97. The van der Waals surface area contributed by atoms with E-state index in [1.54, 1.807) is 25.1 Å². The molecular weight excluding hydrogens is 256 g/mol. The maximum atomic E-state index is 11.3. The highest BCUT2D eigenvalue weighted by Crippen LogP contribution is 2.10. The zero-order chi connectivity index (χ0) is 12.8. The second-order valence-corrected chi connectivity index (χ2v) is 3.70. The van der Waals surface area contributed by atoms with Crippen LogP contribution in [0.3, 0.4) is 0 Å². The van der Waals surface area contributed by atoms with Gasteiger partial charge in [-0.15, -0.1) is 12.4 Å². The zero-order valence-corrected chi connectivity index (χ0v) is 10.8. The number of hydrogen-bond donors (Lipinski definition) is 4. The molecule has 0 aromatic heterocycles. The first-order valence-electron chi connectivity index (χ1n) is 5.17. The lowest BCUT2D eigenvalue weighted by Gasteiger charge is -2.09. The minimum atomic E-state index is -0.623. The average Bonchev–Trinajstić information content (AvgIpc) is 2.25. The lowest BCUT2D eigenvalue weighted by molar-refractivity contribution is -0.122. The van der Waals surface area contributed by atoms with Crippen LogP contribution in [0.15, 0.2) is 24.3 Å². The van der Waals surface area contributed by atoms with Gasteiger partial charge in [-0.25, -0.2) is 4.79 Å². The van der Waals surface area contributed by atoms with Crippen LogP contribution < -0.4 is 22.1 Å². The van der Waals surface area contributed by atoms with Crippen LogP contribution in [0.5, 0.6) is 0 Å². The van der Waals surface area contributed by atoms with Gasteiger partial charge in [0.2, 0.25) is 5.91 Å². The molecule has 6 nitrogen and oxygen atoms in total. The summed E-state index contributed by atoms with van der Waals surface area (Å²) >= 11 is 0. The maximum Gasteiger partial charge on any atom is 0.316 e. The minimum absolute atomic E-state index is 0. The van der Waals surface area contributed by atoms with Gasteiger partial charge in [-0.1, -0.05) is 12.1 Å². The molecule has 0 radical (unpaired) electrons. The molecular formula is C11H17ClN4O2. The van der Waals surface area contributed by atoms with E-state index in [-0.39, 0.29) is 18.3 Å². The summed E-state index contributed by atoms with van der Waals surface area (Å²) in [6.45, 7) is 1.97. The number of nitrogens with one attached hydrogen (secondary N) is 2. The molecule has 1 rings (SSSR count). The van der Waals surface area contributed by atoms with Crippen molar-refractivity contribution < 1.29 is 9.59 Å². The third-order valence-electron chi connectivity index (χ3n) is 2.07. The van der Waals surface area contributed by atoms with Crippen molar-refractivity contribution in [3.63, 3.8) is 0 Å². The molecule has 0 spiro atoms. The summed E-state index contributed by atoms with van der Waals surface area (Å²) in [6.07, 6.45) is 0. The normalized spacial score (nSPS) is 11.0. The Bertz CT molecular complexity index is 423. The molecule has 0 unspecified atom stereocenters. The maximum absolute atomic E-state index is 11.3. The number of amides is 3. The van der Waals surface area contributed by atoms with E-state index >= 15 is 0 Å². The van der Waals surface area contributed by atoms with Gasteiger partial charge in [-0.3, -0.25) is 4.79 Å². The molecule has 18 heavy (non-hydrogen) atoms. The number of anilines is 1. The van der Waals surface area contributed by atoms with E-state index < -0.39 is 12.1 Å². The van der Waals surface area contributed by atoms with Crippen molar-refractivity contribution in [3.8, 4) is 0 Å². The van der Waals surface area contributed by atoms with E-state index in [0.29, 0.717) is 12.2 Å². The highest BCUT2D eigenvalue weighted by atomic mass is 35.5. The summed E-state index contributed by atoms with van der Waals surface area (Å²) in [5.74, 6) is -0.224. The van der Waals surface area contributed by atoms with Crippen molar-refractivity contribution in [1.82, 2.24) is 5.32 Å². The molecule has 0 bridgehead atoms. The van der Waals surface area contributed by atoms with Gasteiger partial charge in [-0.05, 0) is 24.6 Å². The smallest absolute Gasteiger partial charge is 0.316 e. The van der Waals surface area contributed by atoms with Crippen molar-refractivity contribution in [1.29, 1.82) is 0 Å². The molecule has 1 aromatic rings. The van der Waals surface area contributed by atoms with Crippen LogP contribution in [0.1, 0.15) is 12.5 Å². The summed E-state index contributed by atoms with van der Waals surface area (Å²) in [4.78, 5) is 21.9. The third-order valence-corrected chi connectivity index (χ3v) is 2.07. The molecule has 1 atom stereocenters. The lowest BCUT2D eigenvalue weighted by atomic mass is 10.2. The van der Waals surface area contributed by atoms with Gasteiger partial charge in [0.05, 0.1) is 6.04 Å². The second kappa shape index (κ2) is 7.52. The van der Waals surface area contributed by atoms with Gasteiger partial charge in [0, 0.05) is 12.2 Å². The molecule has 0 aliphatic heterocycles. The largest absolute Gasteiger partial charge is 0.351 e. The Morgan fingerprint density at radius 2 is 2.06 bits per heavy atom. The number of carbonyl (C=O) groups is 2. The van der Waals surface area contributed by atoms with Crippen LogP contribution in [0.2, 0.25) is 0 Å². The van der Waals surface area contributed by atoms with E-state index in [1.165, 1.54) is 0 Å². The molecule has 100 valence electrons. The predicted octanol–water partition coefficient (Wildman–Crippen LogP) is 0.562. The summed E-state index contributed by atoms with van der Waals surface area (Å²) in [5.41, 5.74) is 11.9. The number of halogens is 1. The van der Waals surface area contributed by atoms with E-state index in [2.05, 4.69) is 10.6 Å². The average molecular weight is 273 g/mol. The Morgan fingerprint density at radius 1 is 1.39 bits per heavy atom. The minimum Gasteiger partial charge on any atom is -0.351 e. The summed E-state index contributed by atoms with van der Waals surface area (Å²) in [6, 6.07) is 5.86. The Morgan fingerprint density at radius 3 is 2.61 bits per heavy atom. The van der Waals surface area contributed by atoms with Crippen LogP contribution in [-0.2, 0) is 11.3 Å². The lowest BCUT2D eigenvalue weighted by Crippen LogP contribution is -2.37. The van der Waals surface area contributed by atoms with Crippen molar-refractivity contribution in [2.75, 3.05) is 5.32 Å². The Labute approximate surface area is 112 Å². The monoisotopic (exact) mass is 272 g/mol. The first-order chi connectivity index (χ1) is 7.99. The molecule has 0 saturated carbocycles. The number of nitrogens with two attached hydrogens (primary N) is 2. The Balaban J connectivity index is 0.00000289. The van der Waals surface area contributed by atoms with Crippen LogP contribution in [0.4, 0.5) is 10.5 Å². The quantitative estimate of drug-likeness (QED) is 0.643. The molecule has 0 aliphatic rings. The number of carbonyl (C=O) groups excluding carboxylic acids is 2.